The summed E-state index contributed by atoms with van der Waals surface area (Å²) in [5.41, 5.74) is 4.28. The number of thiophene rings is 2. The first-order valence-electron chi connectivity index (χ1n) is 19.4. The van der Waals surface area contributed by atoms with Crippen LogP contribution in [0.15, 0.2) is 84.8 Å². The second-order valence-corrected chi connectivity index (χ2v) is 18.8. The molecular weight excluding hydrogens is 879 g/mol. The van der Waals surface area contributed by atoms with Gasteiger partial charge in [0.1, 0.15) is 5.76 Å². The molecule has 289 valence electrons. The summed E-state index contributed by atoms with van der Waals surface area (Å²) in [5, 5.41) is 15.1. The molecule has 0 bridgehead atoms. The van der Waals surface area contributed by atoms with Crippen LogP contribution in [0, 0.1) is 22.8 Å². The van der Waals surface area contributed by atoms with Crippen molar-refractivity contribution >= 4 is 59.4 Å². The summed E-state index contributed by atoms with van der Waals surface area (Å²) in [6.07, 6.45) is 7.82. The molecule has 0 saturated heterocycles. The summed E-state index contributed by atoms with van der Waals surface area (Å²) >= 11 is 3.74. The zero-order chi connectivity index (χ0) is 38.7. The van der Waals surface area contributed by atoms with Gasteiger partial charge in [0.2, 0.25) is 0 Å². The van der Waals surface area contributed by atoms with Gasteiger partial charge in [-0.3, -0.25) is 9.78 Å². The summed E-state index contributed by atoms with van der Waals surface area (Å²) in [6, 6.07) is 28.4. The van der Waals surface area contributed by atoms with Gasteiger partial charge in [-0.05, 0) is 84.0 Å². The molecule has 1 radical (unpaired) electrons. The molecule has 3 aromatic carbocycles. The molecule has 0 saturated carbocycles. The van der Waals surface area contributed by atoms with E-state index in [1.165, 1.54) is 52.5 Å². The first kappa shape index (κ1) is 43.6. The molecule has 6 aromatic rings. The largest absolute Gasteiger partial charge is 0.512 e. The van der Waals surface area contributed by atoms with Crippen LogP contribution in [-0.4, -0.2) is 15.9 Å². The number of benzene rings is 3. The molecule has 0 aliphatic rings. The number of rotatable bonds is 11. The van der Waals surface area contributed by atoms with Gasteiger partial charge in [-0.2, -0.15) is 0 Å². The molecule has 0 spiro atoms. The maximum absolute atomic E-state index is 12.2. The quantitative estimate of drug-likeness (QED) is 0.0800. The first-order valence-corrected chi connectivity index (χ1v) is 21.0. The van der Waals surface area contributed by atoms with E-state index in [-0.39, 0.29) is 47.9 Å². The molecule has 0 aliphatic carbocycles. The Morgan fingerprint density at radius 3 is 2.06 bits per heavy atom. The van der Waals surface area contributed by atoms with Crippen molar-refractivity contribution in [3.8, 4) is 21.0 Å². The summed E-state index contributed by atoms with van der Waals surface area (Å²) < 4.78 is 2.62. The molecule has 54 heavy (non-hydrogen) atoms. The Hall–Kier alpha value is -3.15. The summed E-state index contributed by atoms with van der Waals surface area (Å²) in [6.45, 7) is 23.5. The Morgan fingerprint density at radius 1 is 0.796 bits per heavy atom. The fourth-order valence-corrected chi connectivity index (χ4v) is 8.95. The fraction of sp³-hybridized carbons (Fsp3) is 0.417. The maximum Gasteiger partial charge on any atom is 0.164 e. The number of ketones is 1. The number of aliphatic hydroxyl groups excluding tert-OH is 1. The number of carbonyl (C=O) groups excluding carboxylic acids is 1. The number of carbonyl (C=O) groups is 1. The molecule has 3 aromatic heterocycles. The Balaban J connectivity index is 0.000000309. The minimum absolute atomic E-state index is 0. The minimum Gasteiger partial charge on any atom is -0.512 e. The Morgan fingerprint density at radius 2 is 1.43 bits per heavy atom. The number of hydrogen-bond acceptors (Lipinski definition) is 5. The third-order valence-corrected chi connectivity index (χ3v) is 13.8. The van der Waals surface area contributed by atoms with Gasteiger partial charge in [-0.15, -0.1) is 51.8 Å². The van der Waals surface area contributed by atoms with Gasteiger partial charge in [0.25, 0.3) is 0 Å². The molecule has 6 heteroatoms. The van der Waals surface area contributed by atoms with Crippen LogP contribution in [0.25, 0.3) is 52.0 Å². The molecule has 0 aliphatic heterocycles. The number of nitrogens with zero attached hydrogens (tertiary/aromatic N) is 1. The first-order chi connectivity index (χ1) is 25.0. The smallest absolute Gasteiger partial charge is 0.164 e. The van der Waals surface area contributed by atoms with Crippen molar-refractivity contribution in [1.29, 1.82) is 0 Å². The van der Waals surface area contributed by atoms with Crippen LogP contribution in [0.1, 0.15) is 113 Å². The Labute approximate surface area is 345 Å². The van der Waals surface area contributed by atoms with Crippen molar-refractivity contribution in [2.24, 2.45) is 16.7 Å². The van der Waals surface area contributed by atoms with E-state index in [9.17, 15) is 9.90 Å². The van der Waals surface area contributed by atoms with Gasteiger partial charge in [-0.25, -0.2) is 0 Å². The molecule has 3 nitrogen and oxygen atoms in total. The number of aliphatic hydroxyl groups is 1. The van der Waals surface area contributed by atoms with Gasteiger partial charge < -0.3 is 5.11 Å². The molecule has 6 rings (SSSR count). The van der Waals surface area contributed by atoms with Crippen LogP contribution >= 0.6 is 22.7 Å². The summed E-state index contributed by atoms with van der Waals surface area (Å²) in [4.78, 5) is 19.7. The predicted octanol–water partition coefficient (Wildman–Crippen LogP) is 14.9. The Bertz CT molecular complexity index is 2240. The molecule has 0 atom stereocenters. The van der Waals surface area contributed by atoms with E-state index in [0.29, 0.717) is 5.92 Å². The van der Waals surface area contributed by atoms with E-state index in [1.54, 1.807) is 0 Å². The average Bonchev–Trinajstić information content (AvgIpc) is 3.77. The van der Waals surface area contributed by atoms with Crippen LogP contribution in [0.3, 0.4) is 0 Å². The number of allylic oxidation sites excluding steroid dienone is 2. The van der Waals surface area contributed by atoms with Crippen molar-refractivity contribution < 1.29 is 30.0 Å². The van der Waals surface area contributed by atoms with Crippen LogP contribution in [0.4, 0.5) is 0 Å². The van der Waals surface area contributed by atoms with Crippen molar-refractivity contribution in [1.82, 2.24) is 4.98 Å². The maximum atomic E-state index is 12.2. The zero-order valence-electron chi connectivity index (χ0n) is 34.1. The molecular formula is C48H58IrNO2S2-. The average molecular weight is 937 g/mol. The number of aromatic nitrogens is 1. The predicted molar refractivity (Wildman–Crippen MR) is 233 cm³/mol. The van der Waals surface area contributed by atoms with E-state index < -0.39 is 0 Å². The normalized spacial score (nSPS) is 12.6. The molecule has 0 unspecified atom stereocenters. The van der Waals surface area contributed by atoms with Crippen LogP contribution < -0.4 is 0 Å². The second kappa shape index (κ2) is 17.8. The molecule has 1 N–H and O–H groups in total. The summed E-state index contributed by atoms with van der Waals surface area (Å²) in [7, 11) is 0. The minimum atomic E-state index is -0.337. The van der Waals surface area contributed by atoms with E-state index in [0.717, 1.165) is 48.7 Å². The van der Waals surface area contributed by atoms with Gasteiger partial charge >= 0.3 is 0 Å². The zero-order valence-corrected chi connectivity index (χ0v) is 38.1. The monoisotopic (exact) mass is 937 g/mol. The third-order valence-electron chi connectivity index (χ3n) is 11.4. The van der Waals surface area contributed by atoms with Gasteiger partial charge in [0, 0.05) is 68.1 Å². The van der Waals surface area contributed by atoms with Gasteiger partial charge in [0.05, 0.1) is 0 Å². The second-order valence-electron chi connectivity index (χ2n) is 16.6. The number of hydrogen-bond donors (Lipinski definition) is 1. The molecule has 3 heterocycles. The molecule has 0 amide bonds. The summed E-state index contributed by atoms with van der Waals surface area (Å²) in [5.74, 6) is 0.952. The van der Waals surface area contributed by atoms with E-state index in [4.69, 9.17) is 4.98 Å². The topological polar surface area (TPSA) is 50.2 Å². The van der Waals surface area contributed by atoms with Crippen molar-refractivity contribution in [2.45, 2.75) is 114 Å². The van der Waals surface area contributed by atoms with Crippen LogP contribution in [-0.2, 0) is 36.7 Å². The third kappa shape index (κ3) is 9.44. The SMILES string of the molecule is CC(C)Cc1ccc2sc(-c3cc4c(-c5[c-]c6ccccc6c(C(C)(C)C)c5)nccc4s3)cc2c1.CCC(C)(CC)C(=O)/C=C(\O)C(C)(CC)CC.[Ir]. The van der Waals surface area contributed by atoms with Crippen molar-refractivity contribution in [3.05, 3.63) is 102 Å². The van der Waals surface area contributed by atoms with Gasteiger partial charge in [-0.1, -0.05) is 117 Å². The van der Waals surface area contributed by atoms with E-state index in [2.05, 4.69) is 107 Å². The Kier molecular flexibility index (Phi) is 14.3. The standard InChI is InChI=1S/C33H30NS2.C15H28O2.Ir/c1-20(2)14-21-10-11-28-23(15-21)18-30(35-28)31-19-26-29(36-31)12-13-34-32(26)24-16-22-8-6-7-9-25(22)27(17-24)33(3,4)5;1-7-14(5,8-2)12(16)11-13(17)15(6,9-3)10-4;/h6-13,15,17-20H,14H2,1-5H3;11,16H,7-10H2,1-6H3;/q-1;;/b;12-11-;. The van der Waals surface area contributed by atoms with E-state index in [1.807, 2.05) is 70.4 Å². The van der Waals surface area contributed by atoms with Gasteiger partial charge in [0.15, 0.2) is 5.78 Å². The fourth-order valence-electron chi connectivity index (χ4n) is 6.77. The van der Waals surface area contributed by atoms with Crippen LogP contribution in [0.2, 0.25) is 0 Å². The van der Waals surface area contributed by atoms with Crippen LogP contribution in [0.5, 0.6) is 0 Å². The molecule has 0 fully saturated rings. The van der Waals surface area contributed by atoms with E-state index >= 15 is 0 Å². The number of pyridine rings is 1. The number of fused-ring (bicyclic) bond motifs is 3. The van der Waals surface area contributed by atoms with Crippen molar-refractivity contribution in [3.63, 3.8) is 0 Å². The van der Waals surface area contributed by atoms with Crippen molar-refractivity contribution in [2.75, 3.05) is 0 Å².